The van der Waals surface area contributed by atoms with Crippen LogP contribution in [0.3, 0.4) is 0 Å². The summed E-state index contributed by atoms with van der Waals surface area (Å²) in [6.07, 6.45) is 11.2. The Morgan fingerprint density at radius 1 is 0.412 bits per heavy atom. The first-order valence-corrected chi connectivity index (χ1v) is 16.8. The van der Waals surface area contributed by atoms with E-state index < -0.39 is 11.6 Å². The van der Waals surface area contributed by atoms with Crippen molar-refractivity contribution in [2.75, 3.05) is 0 Å². The molecule has 0 saturated heterocycles. The van der Waals surface area contributed by atoms with Crippen molar-refractivity contribution in [1.29, 1.82) is 0 Å². The second-order valence-corrected chi connectivity index (χ2v) is 12.7. The van der Waals surface area contributed by atoms with Crippen LogP contribution in [0.4, 0.5) is 0 Å². The van der Waals surface area contributed by atoms with Gasteiger partial charge in [-0.1, -0.05) is 97.1 Å². The molecule has 5 heterocycles. The van der Waals surface area contributed by atoms with Crippen LogP contribution in [-0.4, -0.2) is 31.5 Å². The van der Waals surface area contributed by atoms with E-state index in [1.807, 2.05) is 78.9 Å². The number of benzene rings is 3. The summed E-state index contributed by atoms with van der Waals surface area (Å²) in [5.74, 6) is -1.10. The normalized spacial score (nSPS) is 13.7. The lowest BCUT2D eigenvalue weighted by Gasteiger charge is -2.12. The molecule has 0 fully saturated rings. The molecule has 3 aliphatic rings. The molecule has 1 aliphatic carbocycles. The van der Waals surface area contributed by atoms with Crippen molar-refractivity contribution < 1.29 is 9.59 Å². The molecule has 0 atom stereocenters. The summed E-state index contributed by atoms with van der Waals surface area (Å²) in [5.41, 5.74) is 13.3. The van der Waals surface area contributed by atoms with E-state index in [0.29, 0.717) is 22.5 Å². The third kappa shape index (κ3) is 5.21. The summed E-state index contributed by atoms with van der Waals surface area (Å²) in [6.45, 7) is 1.66. The van der Waals surface area contributed by atoms with E-state index in [1.54, 1.807) is 19.1 Å². The Bertz CT molecular complexity index is 2570. The second-order valence-electron chi connectivity index (χ2n) is 12.7. The van der Waals surface area contributed by atoms with Crippen molar-refractivity contribution in [3.63, 3.8) is 0 Å². The van der Waals surface area contributed by atoms with Gasteiger partial charge in [-0.15, -0.1) is 0 Å². The average Bonchev–Trinajstić information content (AvgIpc) is 4.01. The number of allylic oxidation sites excluding steroid dienone is 4. The van der Waals surface area contributed by atoms with Gasteiger partial charge < -0.3 is 9.97 Å². The summed E-state index contributed by atoms with van der Waals surface area (Å²) in [4.78, 5) is 44.6. The molecule has 8 bridgehead atoms. The third-order valence-electron chi connectivity index (χ3n) is 9.52. The molecule has 0 amide bonds. The van der Waals surface area contributed by atoms with Crippen molar-refractivity contribution in [3.8, 4) is 33.4 Å². The molecule has 9 rings (SSSR count). The van der Waals surface area contributed by atoms with Crippen LogP contribution in [0.5, 0.6) is 0 Å². The smallest absolute Gasteiger partial charge is 0.233 e. The number of nitrogens with zero attached hydrogens (tertiary/aromatic N) is 2. The van der Waals surface area contributed by atoms with E-state index in [9.17, 15) is 9.59 Å². The number of fused-ring (bicyclic) bond motifs is 8. The van der Waals surface area contributed by atoms with Gasteiger partial charge in [0, 0.05) is 55.5 Å². The maximum absolute atomic E-state index is 13.7. The lowest BCUT2D eigenvalue weighted by atomic mass is 9.90. The van der Waals surface area contributed by atoms with E-state index in [1.165, 1.54) is 0 Å². The Morgan fingerprint density at radius 2 is 0.784 bits per heavy atom. The van der Waals surface area contributed by atoms with Crippen molar-refractivity contribution in [2.45, 2.75) is 6.92 Å². The van der Waals surface area contributed by atoms with Crippen LogP contribution in [-0.2, 0) is 9.59 Å². The predicted molar refractivity (Wildman–Crippen MR) is 207 cm³/mol. The van der Waals surface area contributed by atoms with Crippen LogP contribution < -0.4 is 0 Å². The fraction of sp³-hybridized carbons (Fsp3) is 0.0222. The van der Waals surface area contributed by atoms with E-state index in [4.69, 9.17) is 9.97 Å². The molecular weight excluding hydrogens is 629 g/mol. The van der Waals surface area contributed by atoms with Gasteiger partial charge in [-0.2, -0.15) is 0 Å². The quantitative estimate of drug-likeness (QED) is 0.145. The molecule has 2 N–H and O–H groups in total. The maximum atomic E-state index is 13.7. The van der Waals surface area contributed by atoms with Gasteiger partial charge in [-0.3, -0.25) is 9.59 Å². The Balaban J connectivity index is 1.48. The van der Waals surface area contributed by atoms with E-state index in [2.05, 4.69) is 70.6 Å². The van der Waals surface area contributed by atoms with Gasteiger partial charge in [0.25, 0.3) is 0 Å². The number of nitrogens with one attached hydrogen (secondary N) is 2. The highest BCUT2D eigenvalue weighted by molar-refractivity contribution is 6.59. The second kappa shape index (κ2) is 12.2. The van der Waals surface area contributed by atoms with Crippen LogP contribution in [0, 0.1) is 0 Å². The number of H-pyrrole nitrogens is 2. The molecule has 0 spiro atoms. The molecule has 6 nitrogen and oxygen atoms in total. The monoisotopic (exact) mass is 658 g/mol. The van der Waals surface area contributed by atoms with Gasteiger partial charge in [0.15, 0.2) is 0 Å². The fourth-order valence-corrected chi connectivity index (χ4v) is 7.07. The summed E-state index contributed by atoms with van der Waals surface area (Å²) in [7, 11) is 0. The van der Waals surface area contributed by atoms with Gasteiger partial charge in [0.2, 0.25) is 11.6 Å². The summed E-state index contributed by atoms with van der Waals surface area (Å²) < 4.78 is 0. The summed E-state index contributed by atoms with van der Waals surface area (Å²) in [6, 6.07) is 39.1. The van der Waals surface area contributed by atoms with Crippen molar-refractivity contribution >= 4 is 63.5 Å². The molecule has 6 aromatic rings. The highest BCUT2D eigenvalue weighted by atomic mass is 16.2. The maximum Gasteiger partial charge on any atom is 0.233 e. The number of hydrogen-bond donors (Lipinski definition) is 2. The first-order valence-electron chi connectivity index (χ1n) is 16.8. The van der Waals surface area contributed by atoms with Crippen LogP contribution in [0.1, 0.15) is 35.3 Å². The highest BCUT2D eigenvalue weighted by Gasteiger charge is 2.29. The first-order chi connectivity index (χ1) is 25.0. The summed E-state index contributed by atoms with van der Waals surface area (Å²) in [5, 5.41) is 0. The zero-order chi connectivity index (χ0) is 34.5. The van der Waals surface area contributed by atoms with Crippen molar-refractivity contribution in [2.24, 2.45) is 0 Å². The summed E-state index contributed by atoms with van der Waals surface area (Å²) >= 11 is 0. The van der Waals surface area contributed by atoms with Crippen LogP contribution in [0.25, 0.3) is 85.3 Å². The minimum Gasteiger partial charge on any atom is -0.354 e. The Hall–Kier alpha value is -6.92. The van der Waals surface area contributed by atoms with Gasteiger partial charge in [-0.05, 0) is 78.3 Å². The minimum atomic E-state index is -0.569. The number of carbonyl (C=O) groups is 2. The topological polar surface area (TPSA) is 91.5 Å². The standard InChI is InChI=1S/C45H30N4O2/c1-27-17-18-31(45(51)44(27)50)43-38-25-23-36(48-38)41(29-13-7-3-8-14-29)34-21-19-32(46-34)40(28-11-5-2-6-12-28)33-20-22-35(47-33)42(30-15-9-4-10-16-30)37-24-26-39(43)49-37/h2-26,46-47H,1H3. The molecule has 3 aromatic carbocycles. The van der Waals surface area contributed by atoms with Gasteiger partial charge in [-0.25, -0.2) is 9.97 Å². The Kier molecular flexibility index (Phi) is 7.21. The molecule has 51 heavy (non-hydrogen) atoms. The molecule has 2 aliphatic heterocycles. The van der Waals surface area contributed by atoms with E-state index in [-0.39, 0.29) is 5.57 Å². The number of hydrogen-bond acceptors (Lipinski definition) is 4. The third-order valence-corrected chi connectivity index (χ3v) is 9.52. The van der Waals surface area contributed by atoms with Crippen molar-refractivity contribution in [1.82, 2.24) is 19.9 Å². The zero-order valence-electron chi connectivity index (χ0n) is 27.6. The predicted octanol–water partition coefficient (Wildman–Crippen LogP) is 10.1. The molecule has 0 unspecified atom stereocenters. The molecule has 6 heteroatoms. The van der Waals surface area contributed by atoms with E-state index in [0.717, 1.165) is 66.8 Å². The number of aromatic nitrogens is 4. The lowest BCUT2D eigenvalue weighted by Crippen LogP contribution is -2.20. The first kappa shape index (κ1) is 30.2. The van der Waals surface area contributed by atoms with Gasteiger partial charge in [0.1, 0.15) is 0 Å². The molecule has 242 valence electrons. The average molecular weight is 659 g/mol. The highest BCUT2D eigenvalue weighted by Crippen LogP contribution is 2.38. The molecular formula is C45H30N4O2. The number of ketones is 2. The largest absolute Gasteiger partial charge is 0.354 e. The minimum absolute atomic E-state index is 0.273. The van der Waals surface area contributed by atoms with Crippen molar-refractivity contribution in [3.05, 3.63) is 161 Å². The van der Waals surface area contributed by atoms with Crippen LogP contribution in [0.2, 0.25) is 0 Å². The number of Topliss-reactive ketones (excluding diaryl/α,β-unsaturated/α-hetero) is 2. The van der Waals surface area contributed by atoms with Gasteiger partial charge in [0.05, 0.1) is 22.8 Å². The number of aromatic amines is 2. The fourth-order valence-electron chi connectivity index (χ4n) is 7.07. The van der Waals surface area contributed by atoms with Crippen LogP contribution in [0.15, 0.2) is 133 Å². The Labute approximate surface area is 293 Å². The Morgan fingerprint density at radius 3 is 1.22 bits per heavy atom. The molecule has 0 radical (unpaired) electrons. The SMILES string of the molecule is CC1=CC=C(c2c3nc(c(-c4ccccc4)c4ccc([nH]4)c(-c4ccccc4)c4ccc([nH]4)c(-c4ccccc4)c4nc2C=C4)C=C3)C(=O)C1=O. The lowest BCUT2D eigenvalue weighted by molar-refractivity contribution is -0.131. The zero-order valence-corrected chi connectivity index (χ0v) is 27.6. The molecule has 0 saturated carbocycles. The van der Waals surface area contributed by atoms with E-state index >= 15 is 0 Å². The number of rotatable bonds is 4. The molecule has 3 aromatic heterocycles. The van der Waals surface area contributed by atoms with Gasteiger partial charge >= 0.3 is 0 Å². The van der Waals surface area contributed by atoms with Crippen LogP contribution >= 0.6 is 0 Å². The number of carbonyl (C=O) groups excluding carboxylic acids is 2.